The van der Waals surface area contributed by atoms with Crippen molar-refractivity contribution < 1.29 is 8.42 Å². The number of likely N-dealkylation sites (tertiary alicyclic amines) is 1. The van der Waals surface area contributed by atoms with Crippen molar-refractivity contribution in [3.05, 3.63) is 29.8 Å². The van der Waals surface area contributed by atoms with Gasteiger partial charge in [0.2, 0.25) is 0 Å². The second-order valence-electron chi connectivity index (χ2n) is 7.79. The Kier molecular flexibility index (Phi) is 6.35. The summed E-state index contributed by atoms with van der Waals surface area (Å²) in [5, 5.41) is 7.42. The van der Waals surface area contributed by atoms with E-state index < -0.39 is 9.84 Å². The van der Waals surface area contributed by atoms with Gasteiger partial charge in [-0.2, -0.15) is 0 Å². The van der Waals surface area contributed by atoms with Gasteiger partial charge in [0, 0.05) is 38.5 Å². The van der Waals surface area contributed by atoms with Crippen LogP contribution in [0.15, 0.2) is 29.2 Å². The number of rotatable bonds is 6. The highest BCUT2D eigenvalue weighted by molar-refractivity contribution is 7.90. The molecule has 0 aliphatic carbocycles. The molecule has 7 heteroatoms. The average Bonchev–Trinajstić information content (AvgIpc) is 3.04. The lowest BCUT2D eigenvalue weighted by atomic mass is 10.0. The maximum atomic E-state index is 11.7. The molecule has 1 aromatic carbocycles. The van der Waals surface area contributed by atoms with Gasteiger partial charge in [0.05, 0.1) is 11.1 Å². The normalized spacial score (nSPS) is 28.5. The van der Waals surface area contributed by atoms with E-state index in [0.717, 1.165) is 37.7 Å². The minimum absolute atomic E-state index is 0.209. The molecule has 2 unspecified atom stereocenters. The third-order valence-electron chi connectivity index (χ3n) is 5.58. The van der Waals surface area contributed by atoms with Gasteiger partial charge in [-0.05, 0) is 50.2 Å². The van der Waals surface area contributed by atoms with Gasteiger partial charge >= 0.3 is 0 Å². The predicted octanol–water partition coefficient (Wildman–Crippen LogP) is 0.924. The van der Waals surface area contributed by atoms with Crippen LogP contribution in [-0.4, -0.2) is 77.0 Å². The number of benzene rings is 1. The summed E-state index contributed by atoms with van der Waals surface area (Å²) in [6, 6.07) is 7.52. The highest BCUT2D eigenvalue weighted by atomic mass is 32.2. The minimum Gasteiger partial charge on any atom is -0.306 e. The Labute approximate surface area is 157 Å². The molecule has 0 amide bonds. The van der Waals surface area contributed by atoms with E-state index in [1.54, 1.807) is 12.1 Å². The number of sulfone groups is 1. The second kappa shape index (κ2) is 8.35. The smallest absolute Gasteiger partial charge is 0.175 e. The number of likely N-dealkylation sites (N-methyl/N-ethyl adjacent to an activating group) is 1. The van der Waals surface area contributed by atoms with Gasteiger partial charge in [0.1, 0.15) is 0 Å². The van der Waals surface area contributed by atoms with Crippen LogP contribution in [0.3, 0.4) is 0 Å². The first-order valence-electron chi connectivity index (χ1n) is 9.55. The minimum atomic E-state index is -3.15. The number of nitrogens with zero attached hydrogens (tertiary/aromatic N) is 2. The van der Waals surface area contributed by atoms with E-state index in [4.69, 9.17) is 0 Å². The van der Waals surface area contributed by atoms with Crippen molar-refractivity contribution in [1.82, 2.24) is 20.4 Å². The van der Waals surface area contributed by atoms with Crippen LogP contribution in [0.2, 0.25) is 0 Å². The van der Waals surface area contributed by atoms with Crippen LogP contribution in [0, 0.1) is 5.92 Å². The molecular formula is C19H32N4O2S. The fraction of sp³-hybridized carbons (Fsp3) is 0.684. The fourth-order valence-electron chi connectivity index (χ4n) is 3.97. The summed E-state index contributed by atoms with van der Waals surface area (Å²) in [5.74, 6) is 0.728. The molecule has 0 saturated carbocycles. The zero-order chi connectivity index (χ0) is 18.7. The van der Waals surface area contributed by atoms with Crippen molar-refractivity contribution >= 4 is 9.84 Å². The van der Waals surface area contributed by atoms with E-state index in [0.29, 0.717) is 4.90 Å². The monoisotopic (exact) mass is 380 g/mol. The molecule has 0 spiro atoms. The Morgan fingerprint density at radius 2 is 1.92 bits per heavy atom. The Hall–Kier alpha value is -0.990. The first-order valence-corrected chi connectivity index (χ1v) is 11.4. The first kappa shape index (κ1) is 19.8. The van der Waals surface area contributed by atoms with Crippen molar-refractivity contribution in [2.24, 2.45) is 5.92 Å². The van der Waals surface area contributed by atoms with Gasteiger partial charge in [-0.1, -0.05) is 19.1 Å². The molecular weight excluding hydrogens is 348 g/mol. The first-order chi connectivity index (χ1) is 12.3. The lowest BCUT2D eigenvalue weighted by Crippen LogP contribution is -2.58. The van der Waals surface area contributed by atoms with Crippen LogP contribution >= 0.6 is 0 Å². The Morgan fingerprint density at radius 3 is 2.50 bits per heavy atom. The number of hydrogen-bond acceptors (Lipinski definition) is 6. The van der Waals surface area contributed by atoms with Gasteiger partial charge in [-0.3, -0.25) is 10.2 Å². The molecule has 146 valence electrons. The van der Waals surface area contributed by atoms with Gasteiger partial charge < -0.3 is 10.2 Å². The van der Waals surface area contributed by atoms with Crippen molar-refractivity contribution in [2.45, 2.75) is 30.4 Å². The zero-order valence-corrected chi connectivity index (χ0v) is 16.9. The number of hydrogen-bond donors (Lipinski definition) is 2. The number of piperazine rings is 1. The molecule has 0 aromatic heterocycles. The van der Waals surface area contributed by atoms with E-state index in [1.807, 2.05) is 12.1 Å². The maximum absolute atomic E-state index is 11.7. The van der Waals surface area contributed by atoms with Crippen molar-refractivity contribution in [3.8, 4) is 0 Å². The van der Waals surface area contributed by atoms with Crippen LogP contribution < -0.4 is 10.6 Å². The highest BCUT2D eigenvalue weighted by Crippen LogP contribution is 2.21. The van der Waals surface area contributed by atoms with Crippen molar-refractivity contribution in [2.75, 3.05) is 52.6 Å². The lowest BCUT2D eigenvalue weighted by Gasteiger charge is -2.39. The van der Waals surface area contributed by atoms with E-state index in [9.17, 15) is 8.42 Å². The van der Waals surface area contributed by atoms with Gasteiger partial charge in [-0.25, -0.2) is 8.42 Å². The van der Waals surface area contributed by atoms with Crippen molar-refractivity contribution in [3.63, 3.8) is 0 Å². The van der Waals surface area contributed by atoms with Crippen LogP contribution in [0.4, 0.5) is 0 Å². The summed E-state index contributed by atoms with van der Waals surface area (Å²) in [6.07, 6.45) is 2.78. The molecule has 26 heavy (non-hydrogen) atoms. The van der Waals surface area contributed by atoms with E-state index in [-0.39, 0.29) is 12.2 Å². The van der Waals surface area contributed by atoms with Gasteiger partial charge in [0.25, 0.3) is 0 Å². The molecule has 2 aliphatic rings. The summed E-state index contributed by atoms with van der Waals surface area (Å²) in [4.78, 5) is 5.22. The summed E-state index contributed by atoms with van der Waals surface area (Å²) in [7, 11) is -0.958. The molecule has 2 N–H and O–H groups in total. The summed E-state index contributed by atoms with van der Waals surface area (Å²) in [5.41, 5.74) is 1.14. The molecule has 2 saturated heterocycles. The van der Waals surface area contributed by atoms with Crippen LogP contribution in [-0.2, 0) is 9.84 Å². The fourth-order valence-corrected chi connectivity index (χ4v) is 4.60. The van der Waals surface area contributed by atoms with Crippen molar-refractivity contribution in [1.29, 1.82) is 0 Å². The van der Waals surface area contributed by atoms with E-state index >= 15 is 0 Å². The summed E-state index contributed by atoms with van der Waals surface area (Å²) >= 11 is 0. The summed E-state index contributed by atoms with van der Waals surface area (Å²) in [6.45, 7) is 8.56. The van der Waals surface area contributed by atoms with Gasteiger partial charge in [-0.15, -0.1) is 0 Å². The SMILES string of the molecule is CCN1CC(NC[C@H]2CCN(C)C2)NC(c2ccc(S(C)(=O)=O)cc2)C1. The summed E-state index contributed by atoms with van der Waals surface area (Å²) < 4.78 is 23.3. The standard InChI is InChI=1S/C19H32N4O2S/c1-4-23-13-18(16-5-7-17(8-6-16)26(3,24)25)21-19(14-23)20-11-15-9-10-22(2)12-15/h5-8,15,18-21H,4,9-14H2,1-3H3/t15-,18?,19?/m1/s1. The zero-order valence-electron chi connectivity index (χ0n) is 16.1. The van der Waals surface area contributed by atoms with Crippen LogP contribution in [0.25, 0.3) is 0 Å². The van der Waals surface area contributed by atoms with Crippen LogP contribution in [0.5, 0.6) is 0 Å². The molecule has 0 bridgehead atoms. The predicted molar refractivity (Wildman–Crippen MR) is 105 cm³/mol. The average molecular weight is 381 g/mol. The van der Waals surface area contributed by atoms with E-state index in [1.165, 1.54) is 25.8 Å². The van der Waals surface area contributed by atoms with Gasteiger partial charge in [0.15, 0.2) is 9.84 Å². The molecule has 2 fully saturated rings. The third kappa shape index (κ3) is 5.04. The molecule has 2 aliphatic heterocycles. The molecule has 3 rings (SSSR count). The Bertz CT molecular complexity index is 692. The third-order valence-corrected chi connectivity index (χ3v) is 6.71. The van der Waals surface area contributed by atoms with Crippen LogP contribution in [0.1, 0.15) is 24.9 Å². The second-order valence-corrected chi connectivity index (χ2v) is 9.81. The lowest BCUT2D eigenvalue weighted by molar-refractivity contribution is 0.147. The number of nitrogens with one attached hydrogen (secondary N) is 2. The molecule has 6 nitrogen and oxygen atoms in total. The molecule has 3 atom stereocenters. The maximum Gasteiger partial charge on any atom is 0.175 e. The largest absolute Gasteiger partial charge is 0.306 e. The van der Waals surface area contributed by atoms with E-state index in [2.05, 4.69) is 34.4 Å². The topological polar surface area (TPSA) is 64.7 Å². The quantitative estimate of drug-likeness (QED) is 0.765. The molecule has 0 radical (unpaired) electrons. The molecule has 1 aromatic rings. The molecule has 2 heterocycles. The highest BCUT2D eigenvalue weighted by Gasteiger charge is 2.28. The Balaban J connectivity index is 1.63. The Morgan fingerprint density at radius 1 is 1.19 bits per heavy atom.